The molecule has 1 aromatic carbocycles. The van der Waals surface area contributed by atoms with Gasteiger partial charge >= 0.3 is 5.97 Å². The number of amides is 1. The highest BCUT2D eigenvalue weighted by Gasteiger charge is 2.18. The van der Waals surface area contributed by atoms with E-state index in [9.17, 15) is 14.7 Å². The van der Waals surface area contributed by atoms with Gasteiger partial charge in [-0.15, -0.1) is 0 Å². The maximum atomic E-state index is 12.4. The number of nitrogens with one attached hydrogen (secondary N) is 1. The first kappa shape index (κ1) is 17.9. The van der Waals surface area contributed by atoms with Crippen molar-refractivity contribution in [3.8, 4) is 0 Å². The van der Waals surface area contributed by atoms with Crippen molar-refractivity contribution in [1.29, 1.82) is 0 Å². The van der Waals surface area contributed by atoms with Crippen molar-refractivity contribution in [2.75, 3.05) is 6.54 Å². The number of esters is 1. The Morgan fingerprint density at radius 2 is 2.00 bits per heavy atom. The number of carbonyl (C=O) groups is 2. The molecule has 6 nitrogen and oxygen atoms in total. The van der Waals surface area contributed by atoms with Gasteiger partial charge in [-0.05, 0) is 45.4 Å². The van der Waals surface area contributed by atoms with Crippen LogP contribution in [0.3, 0.4) is 0 Å². The molecule has 0 saturated carbocycles. The highest BCUT2D eigenvalue weighted by molar-refractivity contribution is 6.06. The summed E-state index contributed by atoms with van der Waals surface area (Å²) in [7, 11) is 0. The van der Waals surface area contributed by atoms with Crippen LogP contribution in [-0.2, 0) is 9.53 Å². The third kappa shape index (κ3) is 4.52. The van der Waals surface area contributed by atoms with E-state index in [0.717, 1.165) is 5.56 Å². The number of rotatable bonds is 4. The number of benzene rings is 1. The summed E-state index contributed by atoms with van der Waals surface area (Å²) in [5, 5.41) is 12.9. The largest absolute Gasteiger partial charge is 0.459 e. The first-order valence-electron chi connectivity index (χ1n) is 7.74. The Morgan fingerprint density at radius 1 is 1.29 bits per heavy atom. The minimum atomic E-state index is -0.610. The summed E-state index contributed by atoms with van der Waals surface area (Å²) in [5.41, 5.74) is 1.16. The lowest BCUT2D eigenvalue weighted by atomic mass is 10.0. The van der Waals surface area contributed by atoms with Gasteiger partial charge in [-0.1, -0.05) is 12.1 Å². The molecule has 0 aliphatic carbocycles. The molecular formula is C18H22N2O4. The van der Waals surface area contributed by atoms with Crippen molar-refractivity contribution < 1.29 is 19.4 Å². The molecule has 0 spiro atoms. The molecule has 0 aliphatic rings. The zero-order valence-electron chi connectivity index (χ0n) is 14.3. The number of pyridine rings is 1. The summed E-state index contributed by atoms with van der Waals surface area (Å²) in [6, 6.07) is 6.82. The molecule has 1 heterocycles. The topological polar surface area (TPSA) is 88.5 Å². The van der Waals surface area contributed by atoms with E-state index in [0.29, 0.717) is 16.5 Å². The van der Waals surface area contributed by atoms with Crippen LogP contribution >= 0.6 is 0 Å². The van der Waals surface area contributed by atoms with Crippen molar-refractivity contribution in [3.05, 3.63) is 41.6 Å². The number of aliphatic hydroxyl groups excluding tert-OH is 1. The predicted octanol–water partition coefficient (Wildman–Crippen LogP) is 2.36. The highest BCUT2D eigenvalue weighted by atomic mass is 16.6. The van der Waals surface area contributed by atoms with Crippen LogP contribution in [0.4, 0.5) is 0 Å². The Kier molecular flexibility index (Phi) is 5.19. The molecule has 2 N–H and O–H groups in total. The van der Waals surface area contributed by atoms with Crippen LogP contribution in [0.25, 0.3) is 10.9 Å². The Morgan fingerprint density at radius 3 is 2.62 bits per heavy atom. The number of nitrogens with zero attached hydrogens (tertiary/aromatic N) is 1. The number of aliphatic hydroxyl groups is 1. The molecule has 0 saturated heterocycles. The Bertz CT molecular complexity index is 763. The van der Waals surface area contributed by atoms with Crippen molar-refractivity contribution in [3.63, 3.8) is 0 Å². The summed E-state index contributed by atoms with van der Waals surface area (Å²) < 4.78 is 5.16. The number of hydrogen-bond acceptors (Lipinski definition) is 5. The number of aromatic nitrogens is 1. The Labute approximate surface area is 140 Å². The number of ether oxygens (including phenoxy) is 1. The lowest BCUT2D eigenvalue weighted by Gasteiger charge is -2.19. The molecule has 0 fully saturated rings. The molecule has 1 aromatic heterocycles. The SMILES string of the molecule is CC(O)c1ccc2c(C(=O)NCC(=O)OC(C)(C)C)ccnc2c1. The van der Waals surface area contributed by atoms with Gasteiger partial charge in [0.25, 0.3) is 5.91 Å². The summed E-state index contributed by atoms with van der Waals surface area (Å²) >= 11 is 0. The third-order valence-electron chi connectivity index (χ3n) is 3.31. The van der Waals surface area contributed by atoms with E-state index < -0.39 is 17.7 Å². The monoisotopic (exact) mass is 330 g/mol. The number of carbonyl (C=O) groups excluding carboxylic acids is 2. The second-order valence-corrected chi connectivity index (χ2v) is 6.58. The van der Waals surface area contributed by atoms with Crippen LogP contribution in [0.5, 0.6) is 0 Å². The van der Waals surface area contributed by atoms with Crippen LogP contribution in [0.2, 0.25) is 0 Å². The maximum Gasteiger partial charge on any atom is 0.325 e. The van der Waals surface area contributed by atoms with Gasteiger partial charge in [-0.2, -0.15) is 0 Å². The van der Waals surface area contributed by atoms with Crippen molar-refractivity contribution in [1.82, 2.24) is 10.3 Å². The molecular weight excluding hydrogens is 308 g/mol. The van der Waals surface area contributed by atoms with E-state index >= 15 is 0 Å². The van der Waals surface area contributed by atoms with Gasteiger partial charge < -0.3 is 15.2 Å². The van der Waals surface area contributed by atoms with Crippen molar-refractivity contribution in [2.45, 2.75) is 39.4 Å². The molecule has 2 rings (SSSR count). The standard InChI is InChI=1S/C18H22N2O4/c1-11(21)12-5-6-13-14(7-8-19-15(13)9-12)17(23)20-10-16(22)24-18(2,3)4/h5-9,11,21H,10H2,1-4H3,(H,20,23). The fourth-order valence-electron chi connectivity index (χ4n) is 2.25. The van der Waals surface area contributed by atoms with Crippen LogP contribution in [0.1, 0.15) is 49.7 Å². The average Bonchev–Trinajstić information content (AvgIpc) is 2.49. The normalized spacial score (nSPS) is 12.7. The molecule has 0 bridgehead atoms. The van der Waals surface area contributed by atoms with E-state index in [1.165, 1.54) is 6.20 Å². The maximum absolute atomic E-state index is 12.4. The lowest BCUT2D eigenvalue weighted by Crippen LogP contribution is -2.34. The van der Waals surface area contributed by atoms with Gasteiger partial charge in [0.15, 0.2) is 0 Å². The molecule has 1 unspecified atom stereocenters. The third-order valence-corrected chi connectivity index (χ3v) is 3.31. The Balaban J connectivity index is 2.16. The second kappa shape index (κ2) is 6.97. The van der Waals surface area contributed by atoms with E-state index in [1.807, 2.05) is 0 Å². The zero-order valence-corrected chi connectivity index (χ0v) is 14.3. The molecule has 2 aromatic rings. The van der Waals surface area contributed by atoms with Gasteiger partial charge in [0.05, 0.1) is 17.2 Å². The smallest absolute Gasteiger partial charge is 0.325 e. The van der Waals surface area contributed by atoms with E-state index in [2.05, 4.69) is 10.3 Å². The highest BCUT2D eigenvalue weighted by Crippen LogP contribution is 2.21. The molecule has 0 aliphatic heterocycles. The zero-order chi connectivity index (χ0) is 17.9. The quantitative estimate of drug-likeness (QED) is 0.840. The molecule has 128 valence electrons. The van der Waals surface area contributed by atoms with Gasteiger partial charge in [0.2, 0.25) is 0 Å². The first-order chi connectivity index (χ1) is 11.2. The number of fused-ring (bicyclic) bond motifs is 1. The van der Waals surface area contributed by atoms with Gasteiger partial charge in [-0.25, -0.2) is 0 Å². The molecule has 0 radical (unpaired) electrons. The van der Waals surface area contributed by atoms with Gasteiger partial charge in [0.1, 0.15) is 12.1 Å². The Hall–Kier alpha value is -2.47. The molecule has 1 amide bonds. The predicted molar refractivity (Wildman–Crippen MR) is 90.6 cm³/mol. The van der Waals surface area contributed by atoms with Crippen molar-refractivity contribution in [2.24, 2.45) is 0 Å². The minimum absolute atomic E-state index is 0.203. The fraction of sp³-hybridized carbons (Fsp3) is 0.389. The van der Waals surface area contributed by atoms with Crippen LogP contribution in [-0.4, -0.2) is 34.1 Å². The summed E-state index contributed by atoms with van der Waals surface area (Å²) in [4.78, 5) is 28.3. The lowest BCUT2D eigenvalue weighted by molar-refractivity contribution is -0.153. The van der Waals surface area contributed by atoms with E-state index in [1.54, 1.807) is 52.0 Å². The second-order valence-electron chi connectivity index (χ2n) is 6.58. The minimum Gasteiger partial charge on any atom is -0.459 e. The van der Waals surface area contributed by atoms with Gasteiger partial charge in [-0.3, -0.25) is 14.6 Å². The van der Waals surface area contributed by atoms with Crippen LogP contribution in [0, 0.1) is 0 Å². The molecule has 24 heavy (non-hydrogen) atoms. The van der Waals surface area contributed by atoms with Crippen molar-refractivity contribution >= 4 is 22.8 Å². The molecule has 6 heteroatoms. The first-order valence-corrected chi connectivity index (χ1v) is 7.74. The summed E-state index contributed by atoms with van der Waals surface area (Å²) in [5.74, 6) is -0.872. The van der Waals surface area contributed by atoms with Gasteiger partial charge in [0, 0.05) is 11.6 Å². The van der Waals surface area contributed by atoms with E-state index in [-0.39, 0.29) is 12.5 Å². The summed E-state index contributed by atoms with van der Waals surface area (Å²) in [6.07, 6.45) is 0.914. The number of hydrogen-bond donors (Lipinski definition) is 2. The fourth-order valence-corrected chi connectivity index (χ4v) is 2.25. The van der Waals surface area contributed by atoms with Crippen LogP contribution in [0.15, 0.2) is 30.5 Å². The van der Waals surface area contributed by atoms with E-state index in [4.69, 9.17) is 4.74 Å². The van der Waals surface area contributed by atoms with Crippen LogP contribution < -0.4 is 5.32 Å². The molecule has 1 atom stereocenters. The average molecular weight is 330 g/mol. The summed E-state index contributed by atoms with van der Waals surface area (Å²) in [6.45, 7) is 6.76.